The summed E-state index contributed by atoms with van der Waals surface area (Å²) in [7, 11) is 1.51. The van der Waals surface area contributed by atoms with E-state index in [-0.39, 0.29) is 17.7 Å². The third-order valence-corrected chi connectivity index (χ3v) is 4.24. The lowest BCUT2D eigenvalue weighted by Crippen LogP contribution is -2.47. The molecule has 5 heteroatoms. The highest BCUT2D eigenvalue weighted by Crippen LogP contribution is 2.19. The zero-order chi connectivity index (χ0) is 19.3. The van der Waals surface area contributed by atoms with Crippen molar-refractivity contribution in [2.75, 3.05) is 12.4 Å². The van der Waals surface area contributed by atoms with Crippen LogP contribution in [0.1, 0.15) is 35.3 Å². The minimum Gasteiger partial charge on any atom is -0.496 e. The quantitative estimate of drug-likeness (QED) is 0.831. The molecule has 5 nitrogen and oxygen atoms in total. The van der Waals surface area contributed by atoms with Crippen LogP contribution in [0.5, 0.6) is 5.75 Å². The first-order valence-corrected chi connectivity index (χ1v) is 8.65. The van der Waals surface area contributed by atoms with Gasteiger partial charge in [-0.25, -0.2) is 0 Å². The van der Waals surface area contributed by atoms with Crippen LogP contribution < -0.4 is 15.4 Å². The first kappa shape index (κ1) is 19.5. The second-order valence-electron chi connectivity index (χ2n) is 6.70. The molecule has 0 saturated heterocycles. The third-order valence-electron chi connectivity index (χ3n) is 4.24. The number of methoxy groups -OCH3 is 1. The number of rotatable bonds is 6. The van der Waals surface area contributed by atoms with Gasteiger partial charge in [0.1, 0.15) is 11.8 Å². The Morgan fingerprint density at radius 3 is 2.38 bits per heavy atom. The highest BCUT2D eigenvalue weighted by molar-refractivity contribution is 6.02. The first-order valence-electron chi connectivity index (χ1n) is 8.65. The Kier molecular flexibility index (Phi) is 6.39. The molecular formula is C21H26N2O3. The van der Waals surface area contributed by atoms with Crippen molar-refractivity contribution >= 4 is 17.5 Å². The number of hydrogen-bond donors (Lipinski definition) is 2. The summed E-state index contributed by atoms with van der Waals surface area (Å²) in [6.45, 7) is 7.71. The number of nitrogens with one attached hydrogen (secondary N) is 2. The lowest BCUT2D eigenvalue weighted by molar-refractivity contribution is -0.118. The summed E-state index contributed by atoms with van der Waals surface area (Å²) >= 11 is 0. The Morgan fingerprint density at radius 1 is 1.04 bits per heavy atom. The van der Waals surface area contributed by atoms with Crippen LogP contribution in [0, 0.1) is 19.8 Å². The Hall–Kier alpha value is -2.82. The first-order chi connectivity index (χ1) is 12.3. The summed E-state index contributed by atoms with van der Waals surface area (Å²) in [5.41, 5.74) is 3.19. The van der Waals surface area contributed by atoms with Gasteiger partial charge in [-0.15, -0.1) is 0 Å². The third kappa shape index (κ3) is 4.63. The highest BCUT2D eigenvalue weighted by atomic mass is 16.5. The topological polar surface area (TPSA) is 67.4 Å². The van der Waals surface area contributed by atoms with Gasteiger partial charge in [-0.05, 0) is 49.1 Å². The van der Waals surface area contributed by atoms with E-state index in [2.05, 4.69) is 10.6 Å². The van der Waals surface area contributed by atoms with Crippen molar-refractivity contribution in [2.45, 2.75) is 33.7 Å². The summed E-state index contributed by atoms with van der Waals surface area (Å²) in [6.07, 6.45) is 0. The molecule has 0 fully saturated rings. The second kappa shape index (κ2) is 8.52. The molecule has 2 rings (SSSR count). The Balaban J connectivity index is 2.19. The van der Waals surface area contributed by atoms with Gasteiger partial charge in [-0.3, -0.25) is 9.59 Å². The normalized spacial score (nSPS) is 11.8. The van der Waals surface area contributed by atoms with E-state index >= 15 is 0 Å². The van der Waals surface area contributed by atoms with E-state index in [0.29, 0.717) is 11.3 Å². The maximum atomic E-state index is 12.8. The van der Waals surface area contributed by atoms with Crippen molar-refractivity contribution in [3.05, 3.63) is 59.2 Å². The molecule has 0 radical (unpaired) electrons. The number of anilines is 1. The average Bonchev–Trinajstić information content (AvgIpc) is 2.62. The molecule has 26 heavy (non-hydrogen) atoms. The van der Waals surface area contributed by atoms with Crippen molar-refractivity contribution in [2.24, 2.45) is 5.92 Å². The number of carbonyl (C=O) groups is 2. The van der Waals surface area contributed by atoms with Gasteiger partial charge >= 0.3 is 0 Å². The lowest BCUT2D eigenvalue weighted by atomic mass is 10.0. The molecule has 0 saturated carbocycles. The molecule has 0 spiro atoms. The number of para-hydroxylation sites is 1. The predicted octanol–water partition coefficient (Wildman–Crippen LogP) is 3.71. The second-order valence-corrected chi connectivity index (χ2v) is 6.70. The number of benzene rings is 2. The summed E-state index contributed by atoms with van der Waals surface area (Å²) < 4.78 is 5.23. The maximum Gasteiger partial charge on any atom is 0.255 e. The fourth-order valence-corrected chi connectivity index (χ4v) is 2.67. The Morgan fingerprint density at radius 2 is 1.73 bits per heavy atom. The van der Waals surface area contributed by atoms with Gasteiger partial charge in [0.15, 0.2) is 0 Å². The van der Waals surface area contributed by atoms with E-state index in [4.69, 9.17) is 4.74 Å². The molecular weight excluding hydrogens is 328 g/mol. The van der Waals surface area contributed by atoms with Gasteiger partial charge in [-0.2, -0.15) is 0 Å². The molecule has 0 aliphatic carbocycles. The number of aryl methyl sites for hydroxylation is 2. The van der Waals surface area contributed by atoms with Crippen LogP contribution in [0.3, 0.4) is 0 Å². The van der Waals surface area contributed by atoms with Crippen molar-refractivity contribution in [3.63, 3.8) is 0 Å². The minimum absolute atomic E-state index is 0.0706. The number of amides is 2. The molecule has 1 unspecified atom stereocenters. The molecule has 138 valence electrons. The largest absolute Gasteiger partial charge is 0.496 e. The van der Waals surface area contributed by atoms with Crippen LogP contribution in [0.2, 0.25) is 0 Å². The zero-order valence-corrected chi connectivity index (χ0v) is 15.9. The van der Waals surface area contributed by atoms with Crippen molar-refractivity contribution in [3.8, 4) is 5.75 Å². The molecule has 2 aromatic rings. The van der Waals surface area contributed by atoms with Gasteiger partial charge in [0.25, 0.3) is 5.91 Å². The van der Waals surface area contributed by atoms with Crippen LogP contribution in [-0.4, -0.2) is 25.0 Å². The number of ether oxygens (including phenoxy) is 1. The van der Waals surface area contributed by atoms with Gasteiger partial charge < -0.3 is 15.4 Å². The van der Waals surface area contributed by atoms with Gasteiger partial charge in [0.05, 0.1) is 12.7 Å². The number of carbonyl (C=O) groups excluding carboxylic acids is 2. The van der Waals surface area contributed by atoms with E-state index in [1.165, 1.54) is 7.11 Å². The van der Waals surface area contributed by atoms with Gasteiger partial charge in [-0.1, -0.05) is 38.1 Å². The fourth-order valence-electron chi connectivity index (χ4n) is 2.67. The molecule has 0 aliphatic rings. The smallest absolute Gasteiger partial charge is 0.255 e. The molecule has 0 aliphatic heterocycles. The van der Waals surface area contributed by atoms with E-state index in [1.54, 1.807) is 24.3 Å². The molecule has 2 aromatic carbocycles. The van der Waals surface area contributed by atoms with E-state index in [0.717, 1.165) is 16.8 Å². The van der Waals surface area contributed by atoms with Crippen LogP contribution in [0.25, 0.3) is 0 Å². The average molecular weight is 354 g/mol. The van der Waals surface area contributed by atoms with Crippen molar-refractivity contribution in [1.29, 1.82) is 0 Å². The van der Waals surface area contributed by atoms with Crippen LogP contribution in [-0.2, 0) is 4.79 Å². The molecule has 2 amide bonds. The molecule has 0 aromatic heterocycles. The van der Waals surface area contributed by atoms with Crippen molar-refractivity contribution < 1.29 is 14.3 Å². The monoisotopic (exact) mass is 354 g/mol. The molecule has 0 heterocycles. The Labute approximate surface area is 154 Å². The standard InChI is InChI=1S/C21H26N2O3/c1-13(2)19(21(25)22-17-12-14(3)10-11-15(17)4)23-20(24)16-8-6-7-9-18(16)26-5/h6-13,19H,1-5H3,(H,22,25)(H,23,24). The van der Waals surface area contributed by atoms with E-state index in [1.807, 2.05) is 45.9 Å². The zero-order valence-electron chi connectivity index (χ0n) is 15.9. The highest BCUT2D eigenvalue weighted by Gasteiger charge is 2.26. The summed E-state index contributed by atoms with van der Waals surface area (Å²) in [4.78, 5) is 25.4. The van der Waals surface area contributed by atoms with Crippen LogP contribution in [0.15, 0.2) is 42.5 Å². The molecule has 1 atom stereocenters. The fraction of sp³-hybridized carbons (Fsp3) is 0.333. The summed E-state index contributed by atoms with van der Waals surface area (Å²) in [5, 5.41) is 5.76. The number of hydrogen-bond acceptors (Lipinski definition) is 3. The maximum absolute atomic E-state index is 12.8. The molecule has 2 N–H and O–H groups in total. The van der Waals surface area contributed by atoms with Gasteiger partial charge in [0, 0.05) is 5.69 Å². The SMILES string of the molecule is COc1ccccc1C(=O)NC(C(=O)Nc1cc(C)ccc1C)C(C)C. The lowest BCUT2D eigenvalue weighted by Gasteiger charge is -2.23. The van der Waals surface area contributed by atoms with E-state index in [9.17, 15) is 9.59 Å². The van der Waals surface area contributed by atoms with Crippen LogP contribution in [0.4, 0.5) is 5.69 Å². The molecule has 0 bridgehead atoms. The van der Waals surface area contributed by atoms with Gasteiger partial charge in [0.2, 0.25) is 5.91 Å². The van der Waals surface area contributed by atoms with Crippen molar-refractivity contribution in [1.82, 2.24) is 5.32 Å². The summed E-state index contributed by atoms with van der Waals surface area (Å²) in [6, 6.07) is 12.2. The van der Waals surface area contributed by atoms with Crippen LogP contribution >= 0.6 is 0 Å². The van der Waals surface area contributed by atoms with E-state index < -0.39 is 6.04 Å². The predicted molar refractivity (Wildman–Crippen MR) is 104 cm³/mol. The minimum atomic E-state index is -0.660. The Bertz CT molecular complexity index is 800. The summed E-state index contributed by atoms with van der Waals surface area (Å²) in [5.74, 6) is -0.171.